The molecule has 0 spiro atoms. The highest BCUT2D eigenvalue weighted by atomic mass is 79.9. The van der Waals surface area contributed by atoms with E-state index < -0.39 is 0 Å². The molecule has 2 heterocycles. The second-order valence-electron chi connectivity index (χ2n) is 6.86. The van der Waals surface area contributed by atoms with Gasteiger partial charge in [-0.3, -0.25) is 14.6 Å². The van der Waals surface area contributed by atoms with E-state index in [-0.39, 0.29) is 5.91 Å². The number of aromatic nitrogens is 4. The van der Waals surface area contributed by atoms with E-state index in [1.54, 1.807) is 17.9 Å². The normalized spacial score (nSPS) is 10.8. The molecule has 0 atom stereocenters. The molecule has 0 saturated heterocycles. The predicted molar refractivity (Wildman–Crippen MR) is 119 cm³/mol. The number of carbonyl (C=O) groups is 1. The van der Waals surface area contributed by atoms with Crippen LogP contribution in [0.3, 0.4) is 0 Å². The molecule has 0 aliphatic carbocycles. The molecule has 0 aliphatic heterocycles. The highest BCUT2D eigenvalue weighted by Crippen LogP contribution is 2.24. The third kappa shape index (κ3) is 4.44. The summed E-state index contributed by atoms with van der Waals surface area (Å²) in [7, 11) is 1.61. The van der Waals surface area contributed by atoms with Crippen LogP contribution in [-0.2, 0) is 6.54 Å². The minimum Gasteiger partial charge on any atom is -0.497 e. The van der Waals surface area contributed by atoms with Gasteiger partial charge in [0, 0.05) is 11.8 Å². The Morgan fingerprint density at radius 3 is 2.77 bits per heavy atom. The largest absolute Gasteiger partial charge is 0.497 e. The van der Waals surface area contributed by atoms with Crippen LogP contribution in [0.25, 0.3) is 11.3 Å². The molecule has 0 fully saturated rings. The van der Waals surface area contributed by atoms with E-state index in [9.17, 15) is 4.79 Å². The van der Waals surface area contributed by atoms with Gasteiger partial charge in [0.2, 0.25) is 0 Å². The third-order valence-electron chi connectivity index (χ3n) is 4.60. The lowest BCUT2D eigenvalue weighted by Gasteiger charge is -2.03. The molecule has 4 rings (SSSR count). The van der Waals surface area contributed by atoms with Gasteiger partial charge in [0.25, 0.3) is 5.91 Å². The van der Waals surface area contributed by atoms with E-state index in [0.29, 0.717) is 28.2 Å². The Kier molecular flexibility index (Phi) is 5.67. The van der Waals surface area contributed by atoms with E-state index in [1.807, 2.05) is 30.5 Å². The molecule has 0 unspecified atom stereocenters. The van der Waals surface area contributed by atoms with Gasteiger partial charge in [-0.25, -0.2) is 0 Å². The first-order chi connectivity index (χ1) is 14.5. The number of H-pyrrole nitrogens is 1. The van der Waals surface area contributed by atoms with Gasteiger partial charge in [-0.2, -0.15) is 10.2 Å². The Morgan fingerprint density at radius 1 is 1.20 bits per heavy atom. The molecule has 2 aromatic heterocycles. The number of methoxy groups -OCH3 is 1. The summed E-state index contributed by atoms with van der Waals surface area (Å²) in [4.78, 5) is 12.7. The summed E-state index contributed by atoms with van der Waals surface area (Å²) in [5.41, 5.74) is 4.19. The molecule has 2 aromatic carbocycles. The van der Waals surface area contributed by atoms with E-state index in [1.165, 1.54) is 5.56 Å². The summed E-state index contributed by atoms with van der Waals surface area (Å²) in [5, 5.41) is 14.3. The van der Waals surface area contributed by atoms with Crippen LogP contribution in [0, 0.1) is 6.92 Å². The van der Waals surface area contributed by atoms with Crippen molar-refractivity contribution in [2.24, 2.45) is 0 Å². The van der Waals surface area contributed by atoms with Crippen LogP contribution >= 0.6 is 15.9 Å². The standard InChI is InChI=1S/C22H20BrN5O2/c1-14-6-8-15(9-7-14)12-28-13-18(23)21(27-28)24-22(29)20-11-19(25-26-20)16-4-3-5-17(10-16)30-2/h3-11,13H,12H2,1-2H3,(H,25,26)(H,24,27,29). The van der Waals surface area contributed by atoms with Crippen molar-refractivity contribution in [2.75, 3.05) is 12.4 Å². The van der Waals surface area contributed by atoms with Gasteiger partial charge in [-0.15, -0.1) is 0 Å². The highest BCUT2D eigenvalue weighted by Gasteiger charge is 2.15. The number of benzene rings is 2. The van der Waals surface area contributed by atoms with E-state index in [2.05, 4.69) is 67.7 Å². The monoisotopic (exact) mass is 465 g/mol. The van der Waals surface area contributed by atoms with Gasteiger partial charge in [-0.05, 0) is 46.6 Å². The van der Waals surface area contributed by atoms with Crippen LogP contribution in [0.4, 0.5) is 5.82 Å². The molecule has 0 bridgehead atoms. The molecular weight excluding hydrogens is 446 g/mol. The van der Waals surface area contributed by atoms with Crippen molar-refractivity contribution in [1.82, 2.24) is 20.0 Å². The van der Waals surface area contributed by atoms with Crippen LogP contribution < -0.4 is 10.1 Å². The number of nitrogens with one attached hydrogen (secondary N) is 2. The summed E-state index contributed by atoms with van der Waals surface area (Å²) in [6.07, 6.45) is 1.84. The average Bonchev–Trinajstić information content (AvgIpc) is 3.37. The number of nitrogens with zero attached hydrogens (tertiary/aromatic N) is 3. The molecule has 0 radical (unpaired) electrons. The number of ether oxygens (including phenoxy) is 1. The minimum absolute atomic E-state index is 0.321. The fraction of sp³-hybridized carbons (Fsp3) is 0.136. The van der Waals surface area contributed by atoms with Gasteiger partial charge in [0.05, 0.1) is 23.8 Å². The number of rotatable bonds is 6. The van der Waals surface area contributed by atoms with E-state index in [4.69, 9.17) is 4.74 Å². The molecule has 30 heavy (non-hydrogen) atoms. The van der Waals surface area contributed by atoms with Gasteiger partial charge in [0.15, 0.2) is 5.82 Å². The fourth-order valence-corrected chi connectivity index (χ4v) is 3.40. The molecule has 152 valence electrons. The summed E-state index contributed by atoms with van der Waals surface area (Å²) in [6.45, 7) is 2.66. The number of amides is 1. The van der Waals surface area contributed by atoms with Gasteiger partial charge in [-0.1, -0.05) is 42.0 Å². The molecule has 7 nitrogen and oxygen atoms in total. The zero-order valence-electron chi connectivity index (χ0n) is 16.5. The number of hydrogen-bond acceptors (Lipinski definition) is 4. The maximum absolute atomic E-state index is 12.7. The highest BCUT2D eigenvalue weighted by molar-refractivity contribution is 9.10. The molecular formula is C22H20BrN5O2. The van der Waals surface area contributed by atoms with E-state index >= 15 is 0 Å². The molecule has 2 N–H and O–H groups in total. The van der Waals surface area contributed by atoms with Crippen LogP contribution in [-0.4, -0.2) is 33.0 Å². The van der Waals surface area contributed by atoms with Crippen molar-refractivity contribution in [3.05, 3.63) is 82.1 Å². The zero-order valence-corrected chi connectivity index (χ0v) is 18.1. The third-order valence-corrected chi connectivity index (χ3v) is 5.18. The average molecular weight is 466 g/mol. The van der Waals surface area contributed by atoms with Crippen LogP contribution in [0.1, 0.15) is 21.6 Å². The molecule has 0 aliphatic rings. The SMILES string of the molecule is COc1cccc(-c2cc(C(=O)Nc3nn(Cc4ccc(C)cc4)cc3Br)[nH]n2)c1. The van der Waals surface area contributed by atoms with Crippen molar-refractivity contribution in [2.45, 2.75) is 13.5 Å². The number of carbonyl (C=O) groups excluding carboxylic acids is 1. The quantitative estimate of drug-likeness (QED) is 0.433. The Hall–Kier alpha value is -3.39. The van der Waals surface area contributed by atoms with Gasteiger partial charge >= 0.3 is 0 Å². The zero-order chi connectivity index (χ0) is 21.1. The molecule has 1 amide bonds. The summed E-state index contributed by atoms with van der Waals surface area (Å²) in [6, 6.07) is 17.5. The second-order valence-corrected chi connectivity index (χ2v) is 7.72. The first kappa shape index (κ1) is 19.9. The lowest BCUT2D eigenvalue weighted by atomic mass is 10.1. The van der Waals surface area contributed by atoms with Crippen molar-refractivity contribution >= 4 is 27.7 Å². The van der Waals surface area contributed by atoms with Crippen LogP contribution in [0.5, 0.6) is 5.75 Å². The van der Waals surface area contributed by atoms with E-state index in [0.717, 1.165) is 16.9 Å². The number of anilines is 1. The fourth-order valence-electron chi connectivity index (χ4n) is 2.99. The first-order valence-electron chi connectivity index (χ1n) is 9.31. The first-order valence-corrected chi connectivity index (χ1v) is 10.1. The maximum Gasteiger partial charge on any atom is 0.274 e. The van der Waals surface area contributed by atoms with Crippen LogP contribution in [0.2, 0.25) is 0 Å². The van der Waals surface area contributed by atoms with Crippen molar-refractivity contribution in [3.8, 4) is 17.0 Å². The van der Waals surface area contributed by atoms with Gasteiger partial charge < -0.3 is 10.1 Å². The van der Waals surface area contributed by atoms with Crippen molar-refractivity contribution < 1.29 is 9.53 Å². The smallest absolute Gasteiger partial charge is 0.274 e. The summed E-state index contributed by atoms with van der Waals surface area (Å²) in [5.74, 6) is 0.854. The minimum atomic E-state index is -0.321. The second kappa shape index (κ2) is 8.54. The number of aryl methyl sites for hydroxylation is 1. The van der Waals surface area contributed by atoms with Crippen molar-refractivity contribution in [1.29, 1.82) is 0 Å². The maximum atomic E-state index is 12.7. The summed E-state index contributed by atoms with van der Waals surface area (Å²) >= 11 is 3.46. The Balaban J connectivity index is 1.47. The lowest BCUT2D eigenvalue weighted by Crippen LogP contribution is -2.13. The Morgan fingerprint density at radius 2 is 2.00 bits per heavy atom. The molecule has 8 heteroatoms. The molecule has 0 saturated carbocycles. The Labute approximate surface area is 182 Å². The molecule has 4 aromatic rings. The number of hydrogen-bond donors (Lipinski definition) is 2. The van der Waals surface area contributed by atoms with Crippen LogP contribution in [0.15, 0.2) is 65.3 Å². The number of aromatic amines is 1. The lowest BCUT2D eigenvalue weighted by molar-refractivity contribution is 0.102. The summed E-state index contributed by atoms with van der Waals surface area (Å²) < 4.78 is 7.72. The number of halogens is 1. The van der Waals surface area contributed by atoms with Gasteiger partial charge in [0.1, 0.15) is 11.4 Å². The Bertz CT molecular complexity index is 1180. The topological polar surface area (TPSA) is 84.8 Å². The predicted octanol–water partition coefficient (Wildman–Crippen LogP) is 4.65. The van der Waals surface area contributed by atoms with Crippen molar-refractivity contribution in [3.63, 3.8) is 0 Å².